The zero-order valence-electron chi connectivity index (χ0n) is 13.8. The predicted octanol–water partition coefficient (Wildman–Crippen LogP) is 3.01. The van der Waals surface area contributed by atoms with E-state index in [0.29, 0.717) is 11.7 Å². The molecule has 1 heterocycles. The van der Waals surface area contributed by atoms with E-state index in [-0.39, 0.29) is 22.2 Å². The highest BCUT2D eigenvalue weighted by Crippen LogP contribution is 2.28. The second kappa shape index (κ2) is 8.60. The first-order chi connectivity index (χ1) is 13.0. The lowest BCUT2D eigenvalue weighted by Gasteiger charge is -2.07. The Balaban J connectivity index is 1.62. The predicted molar refractivity (Wildman–Crippen MR) is 101 cm³/mol. The number of amides is 1. The number of thioether (sulfide) groups is 1. The van der Waals surface area contributed by atoms with Gasteiger partial charge in [0.05, 0.1) is 17.2 Å². The van der Waals surface area contributed by atoms with Gasteiger partial charge in [-0.1, -0.05) is 53.7 Å². The van der Waals surface area contributed by atoms with Crippen molar-refractivity contribution in [1.82, 2.24) is 20.2 Å². The molecule has 9 nitrogen and oxygen atoms in total. The summed E-state index contributed by atoms with van der Waals surface area (Å²) in [6.45, 7) is 0.473. The van der Waals surface area contributed by atoms with Crippen molar-refractivity contribution in [1.29, 1.82) is 0 Å². The molecule has 0 spiro atoms. The lowest BCUT2D eigenvalue weighted by atomic mass is 10.2. The number of aromatic nitrogens is 4. The van der Waals surface area contributed by atoms with Gasteiger partial charge in [0.25, 0.3) is 5.69 Å². The monoisotopic (exact) mass is 404 g/mol. The number of nitro benzene ring substituents is 1. The van der Waals surface area contributed by atoms with Crippen LogP contribution in [-0.2, 0) is 11.3 Å². The summed E-state index contributed by atoms with van der Waals surface area (Å²) >= 11 is 6.90. The molecular formula is C16H13ClN6O3S. The zero-order chi connectivity index (χ0) is 19.2. The number of nitro groups is 1. The fourth-order valence-corrected chi connectivity index (χ4v) is 3.08. The van der Waals surface area contributed by atoms with Crippen LogP contribution in [0.1, 0.15) is 5.56 Å². The normalized spacial score (nSPS) is 10.6. The molecule has 0 atom stereocenters. The summed E-state index contributed by atoms with van der Waals surface area (Å²) in [5, 5.41) is 25.7. The molecule has 3 aromatic rings. The van der Waals surface area contributed by atoms with Crippen molar-refractivity contribution in [2.75, 3.05) is 11.1 Å². The molecule has 1 N–H and O–H groups in total. The minimum absolute atomic E-state index is 0.00502. The first-order valence-electron chi connectivity index (χ1n) is 7.69. The highest BCUT2D eigenvalue weighted by Gasteiger charge is 2.17. The van der Waals surface area contributed by atoms with Crippen molar-refractivity contribution >= 4 is 40.6 Å². The van der Waals surface area contributed by atoms with E-state index in [1.807, 2.05) is 30.3 Å². The molecule has 3 rings (SSSR count). The summed E-state index contributed by atoms with van der Waals surface area (Å²) < 4.78 is 1.58. The summed E-state index contributed by atoms with van der Waals surface area (Å²) in [5.41, 5.74) is 0.835. The first kappa shape index (κ1) is 18.8. The highest BCUT2D eigenvalue weighted by atomic mass is 35.5. The number of nitrogens with zero attached hydrogens (tertiary/aromatic N) is 5. The molecule has 0 saturated carbocycles. The fourth-order valence-electron chi connectivity index (χ4n) is 2.23. The number of rotatable bonds is 7. The molecule has 2 aromatic carbocycles. The van der Waals surface area contributed by atoms with Crippen LogP contribution in [0.5, 0.6) is 0 Å². The first-order valence-corrected chi connectivity index (χ1v) is 9.06. The van der Waals surface area contributed by atoms with Crippen molar-refractivity contribution in [3.05, 3.63) is 69.2 Å². The van der Waals surface area contributed by atoms with Crippen LogP contribution in [0.2, 0.25) is 5.02 Å². The van der Waals surface area contributed by atoms with Crippen molar-refractivity contribution in [3.63, 3.8) is 0 Å². The molecule has 1 amide bonds. The third-order valence-corrected chi connectivity index (χ3v) is 4.63. The maximum atomic E-state index is 12.2. The average molecular weight is 405 g/mol. The maximum Gasteiger partial charge on any atom is 0.294 e. The topological polar surface area (TPSA) is 116 Å². The van der Waals surface area contributed by atoms with Gasteiger partial charge in [-0.15, -0.1) is 5.10 Å². The molecule has 0 radical (unpaired) electrons. The molecule has 0 unspecified atom stereocenters. The van der Waals surface area contributed by atoms with Crippen LogP contribution in [0.15, 0.2) is 53.7 Å². The Morgan fingerprint density at radius 3 is 2.78 bits per heavy atom. The number of carbonyl (C=O) groups excluding carboxylic acids is 1. The second-order valence-electron chi connectivity index (χ2n) is 5.36. The summed E-state index contributed by atoms with van der Waals surface area (Å²) in [4.78, 5) is 22.6. The number of hydrogen-bond donors (Lipinski definition) is 1. The Hall–Kier alpha value is -2.98. The van der Waals surface area contributed by atoms with Gasteiger partial charge in [0.2, 0.25) is 11.1 Å². The Labute approximate surface area is 162 Å². The molecule has 1 aromatic heterocycles. The molecule has 0 saturated heterocycles. The Morgan fingerprint density at radius 2 is 2.04 bits per heavy atom. The molecule has 11 heteroatoms. The Bertz CT molecular complexity index is 966. The van der Waals surface area contributed by atoms with Gasteiger partial charge in [0.1, 0.15) is 5.69 Å². The van der Waals surface area contributed by atoms with E-state index in [4.69, 9.17) is 11.6 Å². The van der Waals surface area contributed by atoms with E-state index in [1.54, 1.807) is 4.68 Å². The van der Waals surface area contributed by atoms with Gasteiger partial charge in [0, 0.05) is 11.1 Å². The van der Waals surface area contributed by atoms with Gasteiger partial charge in [-0.3, -0.25) is 14.9 Å². The number of tetrazole rings is 1. The van der Waals surface area contributed by atoms with Gasteiger partial charge < -0.3 is 5.32 Å². The maximum absolute atomic E-state index is 12.2. The van der Waals surface area contributed by atoms with Gasteiger partial charge in [-0.2, -0.15) is 0 Å². The molecule has 0 aliphatic rings. The number of halogens is 1. The highest BCUT2D eigenvalue weighted by molar-refractivity contribution is 7.99. The van der Waals surface area contributed by atoms with E-state index in [0.717, 1.165) is 17.3 Å². The SMILES string of the molecule is O=C(CSc1nnnn1Cc1ccccc1)Nc1ccc(Cl)cc1[N+](=O)[O-]. The smallest absolute Gasteiger partial charge is 0.294 e. The van der Waals surface area contributed by atoms with Crippen LogP contribution in [0, 0.1) is 10.1 Å². The van der Waals surface area contributed by atoms with Gasteiger partial charge >= 0.3 is 0 Å². The standard InChI is InChI=1S/C16H13ClN6O3S/c17-12-6-7-13(14(8-12)23(25)26)18-15(24)10-27-16-19-20-21-22(16)9-11-4-2-1-3-5-11/h1-8H,9-10H2,(H,18,24). The van der Waals surface area contributed by atoms with Crippen LogP contribution in [0.4, 0.5) is 11.4 Å². The Morgan fingerprint density at radius 1 is 1.26 bits per heavy atom. The minimum Gasteiger partial charge on any atom is -0.320 e. The van der Waals surface area contributed by atoms with Gasteiger partial charge in [-0.05, 0) is 28.1 Å². The van der Waals surface area contributed by atoms with E-state index >= 15 is 0 Å². The van der Waals surface area contributed by atoms with Crippen LogP contribution in [-0.4, -0.2) is 36.8 Å². The molecule has 0 bridgehead atoms. The summed E-state index contributed by atoms with van der Waals surface area (Å²) in [6, 6.07) is 13.7. The molecule has 27 heavy (non-hydrogen) atoms. The van der Waals surface area contributed by atoms with Crippen LogP contribution >= 0.6 is 23.4 Å². The Kier molecular flexibility index (Phi) is 5.99. The zero-order valence-corrected chi connectivity index (χ0v) is 15.4. The van der Waals surface area contributed by atoms with Crippen molar-refractivity contribution in [2.24, 2.45) is 0 Å². The molecule has 0 aliphatic carbocycles. The van der Waals surface area contributed by atoms with Crippen molar-refractivity contribution in [3.8, 4) is 0 Å². The molecular weight excluding hydrogens is 392 g/mol. The number of anilines is 1. The largest absolute Gasteiger partial charge is 0.320 e. The van der Waals surface area contributed by atoms with E-state index in [9.17, 15) is 14.9 Å². The number of hydrogen-bond acceptors (Lipinski definition) is 7. The number of nitrogens with one attached hydrogen (secondary N) is 1. The van der Waals surface area contributed by atoms with Gasteiger partial charge in [-0.25, -0.2) is 4.68 Å². The van der Waals surface area contributed by atoms with E-state index < -0.39 is 10.8 Å². The van der Waals surface area contributed by atoms with Crippen LogP contribution < -0.4 is 5.32 Å². The third kappa shape index (κ3) is 5.02. The molecule has 138 valence electrons. The van der Waals surface area contributed by atoms with Crippen LogP contribution in [0.25, 0.3) is 0 Å². The summed E-state index contributed by atoms with van der Waals surface area (Å²) in [5.74, 6) is -0.422. The lowest BCUT2D eigenvalue weighted by Crippen LogP contribution is -2.16. The van der Waals surface area contributed by atoms with Gasteiger partial charge in [0.15, 0.2) is 0 Å². The number of carbonyl (C=O) groups is 1. The molecule has 0 aliphatic heterocycles. The lowest BCUT2D eigenvalue weighted by molar-refractivity contribution is -0.383. The summed E-state index contributed by atoms with van der Waals surface area (Å²) in [6.07, 6.45) is 0. The van der Waals surface area contributed by atoms with Crippen molar-refractivity contribution < 1.29 is 9.72 Å². The summed E-state index contributed by atoms with van der Waals surface area (Å²) in [7, 11) is 0. The van der Waals surface area contributed by atoms with E-state index in [1.165, 1.54) is 18.2 Å². The van der Waals surface area contributed by atoms with Crippen molar-refractivity contribution in [2.45, 2.75) is 11.7 Å². The quantitative estimate of drug-likeness (QED) is 0.365. The minimum atomic E-state index is -0.602. The second-order valence-corrected chi connectivity index (χ2v) is 6.74. The van der Waals surface area contributed by atoms with Crippen LogP contribution in [0.3, 0.4) is 0 Å². The third-order valence-electron chi connectivity index (χ3n) is 3.44. The number of benzene rings is 2. The fraction of sp³-hybridized carbons (Fsp3) is 0.125. The van der Waals surface area contributed by atoms with E-state index in [2.05, 4.69) is 20.8 Å². The average Bonchev–Trinajstić information content (AvgIpc) is 3.09. The molecule has 0 fully saturated rings.